The van der Waals surface area contributed by atoms with Crippen molar-refractivity contribution in [1.82, 2.24) is 9.97 Å². The summed E-state index contributed by atoms with van der Waals surface area (Å²) in [5.41, 5.74) is 5.53. The predicted molar refractivity (Wildman–Crippen MR) is 70.0 cm³/mol. The van der Waals surface area contributed by atoms with Crippen molar-refractivity contribution in [3.05, 3.63) is 12.4 Å². The van der Waals surface area contributed by atoms with Crippen LogP contribution in [0.4, 0.5) is 11.6 Å². The number of rotatable bonds is 5. The van der Waals surface area contributed by atoms with E-state index in [1.165, 1.54) is 19.3 Å². The molecule has 1 heterocycles. The Morgan fingerprint density at radius 2 is 2.06 bits per heavy atom. The minimum atomic E-state index is -0.151. The highest BCUT2D eigenvalue weighted by Crippen LogP contribution is 2.23. The molecule has 0 aliphatic heterocycles. The van der Waals surface area contributed by atoms with Gasteiger partial charge in [0.05, 0.1) is 0 Å². The summed E-state index contributed by atoms with van der Waals surface area (Å²) in [6, 6.07) is 2.52. The van der Waals surface area contributed by atoms with E-state index in [-0.39, 0.29) is 5.54 Å². The molecule has 2 rings (SSSR count). The summed E-state index contributed by atoms with van der Waals surface area (Å²) < 4.78 is 0. The minimum absolute atomic E-state index is 0.151. The molecule has 1 saturated carbocycles. The third-order valence-electron chi connectivity index (χ3n) is 3.10. The molecular weight excluding hydrogens is 214 g/mol. The highest BCUT2D eigenvalue weighted by atomic mass is 15.1. The molecule has 5 heteroatoms. The van der Waals surface area contributed by atoms with Crippen LogP contribution < -0.4 is 16.4 Å². The Hall–Kier alpha value is -1.36. The molecule has 94 valence electrons. The molecule has 5 nitrogen and oxygen atoms in total. The summed E-state index contributed by atoms with van der Waals surface area (Å²) in [4.78, 5) is 8.43. The van der Waals surface area contributed by atoms with Gasteiger partial charge in [0.2, 0.25) is 0 Å². The van der Waals surface area contributed by atoms with Crippen molar-refractivity contribution >= 4 is 11.6 Å². The Labute approximate surface area is 102 Å². The number of nitrogens with zero attached hydrogens (tertiary/aromatic N) is 2. The summed E-state index contributed by atoms with van der Waals surface area (Å²) in [6.45, 7) is 4.66. The van der Waals surface area contributed by atoms with Crippen LogP contribution in [0.2, 0.25) is 0 Å². The third kappa shape index (κ3) is 3.30. The van der Waals surface area contributed by atoms with Crippen LogP contribution in [0.15, 0.2) is 12.4 Å². The van der Waals surface area contributed by atoms with Gasteiger partial charge < -0.3 is 16.4 Å². The summed E-state index contributed by atoms with van der Waals surface area (Å²) >= 11 is 0. The van der Waals surface area contributed by atoms with E-state index in [2.05, 4.69) is 20.6 Å². The minimum Gasteiger partial charge on any atom is -0.367 e. The summed E-state index contributed by atoms with van der Waals surface area (Å²) in [6.07, 6.45) is 5.37. The average molecular weight is 235 g/mol. The molecule has 0 aromatic carbocycles. The van der Waals surface area contributed by atoms with Crippen LogP contribution in [0.25, 0.3) is 0 Å². The maximum atomic E-state index is 5.68. The van der Waals surface area contributed by atoms with Crippen molar-refractivity contribution in [1.29, 1.82) is 0 Å². The standard InChI is InChI=1S/C12H21N5/c1-12(2,7-13)17-11-6-10(14-8-15-11)16-9-4-3-5-9/h6,8-9H,3-5,7,13H2,1-2H3,(H2,14,15,16,17). The van der Waals surface area contributed by atoms with Crippen molar-refractivity contribution in [2.75, 3.05) is 17.2 Å². The van der Waals surface area contributed by atoms with Gasteiger partial charge in [-0.15, -0.1) is 0 Å². The van der Waals surface area contributed by atoms with Gasteiger partial charge in [-0.25, -0.2) is 9.97 Å². The lowest BCUT2D eigenvalue weighted by molar-refractivity contribution is 0.444. The number of nitrogens with one attached hydrogen (secondary N) is 2. The number of anilines is 2. The second-order valence-corrected chi connectivity index (χ2v) is 5.27. The molecule has 1 aliphatic rings. The number of nitrogens with two attached hydrogens (primary N) is 1. The van der Waals surface area contributed by atoms with Gasteiger partial charge in [0.15, 0.2) is 0 Å². The van der Waals surface area contributed by atoms with Crippen molar-refractivity contribution in [3.8, 4) is 0 Å². The van der Waals surface area contributed by atoms with Crippen LogP contribution in [-0.2, 0) is 0 Å². The van der Waals surface area contributed by atoms with Gasteiger partial charge in [-0.3, -0.25) is 0 Å². The third-order valence-corrected chi connectivity index (χ3v) is 3.10. The van der Waals surface area contributed by atoms with Gasteiger partial charge in [0.1, 0.15) is 18.0 Å². The van der Waals surface area contributed by atoms with E-state index in [0.717, 1.165) is 11.6 Å². The zero-order chi connectivity index (χ0) is 12.3. The van der Waals surface area contributed by atoms with E-state index in [1.807, 2.05) is 19.9 Å². The normalized spacial score (nSPS) is 16.4. The molecule has 17 heavy (non-hydrogen) atoms. The fraction of sp³-hybridized carbons (Fsp3) is 0.667. The summed E-state index contributed by atoms with van der Waals surface area (Å²) in [7, 11) is 0. The second-order valence-electron chi connectivity index (χ2n) is 5.27. The molecule has 0 bridgehead atoms. The van der Waals surface area contributed by atoms with Gasteiger partial charge in [0, 0.05) is 24.2 Å². The molecule has 1 fully saturated rings. The summed E-state index contributed by atoms with van der Waals surface area (Å²) in [5.74, 6) is 1.71. The number of hydrogen-bond acceptors (Lipinski definition) is 5. The molecule has 1 aromatic heterocycles. The first kappa shape index (κ1) is 12.1. The van der Waals surface area contributed by atoms with Gasteiger partial charge in [0.25, 0.3) is 0 Å². The Morgan fingerprint density at radius 3 is 2.65 bits per heavy atom. The monoisotopic (exact) mass is 235 g/mol. The first-order valence-electron chi connectivity index (χ1n) is 6.16. The first-order valence-corrected chi connectivity index (χ1v) is 6.16. The van der Waals surface area contributed by atoms with Crippen molar-refractivity contribution < 1.29 is 0 Å². The van der Waals surface area contributed by atoms with E-state index in [1.54, 1.807) is 6.33 Å². The lowest BCUT2D eigenvalue weighted by atomic mass is 9.93. The van der Waals surface area contributed by atoms with Gasteiger partial charge in [-0.2, -0.15) is 0 Å². The van der Waals surface area contributed by atoms with Crippen LogP contribution in [0.5, 0.6) is 0 Å². The largest absolute Gasteiger partial charge is 0.367 e. The molecule has 1 aliphatic carbocycles. The highest BCUT2D eigenvalue weighted by Gasteiger charge is 2.18. The second kappa shape index (κ2) is 4.87. The molecule has 4 N–H and O–H groups in total. The van der Waals surface area contributed by atoms with Gasteiger partial charge in [-0.1, -0.05) is 0 Å². The van der Waals surface area contributed by atoms with Crippen LogP contribution in [0, 0.1) is 0 Å². The highest BCUT2D eigenvalue weighted by molar-refractivity contribution is 5.48. The van der Waals surface area contributed by atoms with Crippen LogP contribution in [-0.4, -0.2) is 28.1 Å². The summed E-state index contributed by atoms with van der Waals surface area (Å²) in [5, 5.41) is 6.70. The van der Waals surface area contributed by atoms with Crippen LogP contribution in [0.3, 0.4) is 0 Å². The molecule has 0 spiro atoms. The van der Waals surface area contributed by atoms with Gasteiger partial charge in [-0.05, 0) is 33.1 Å². The fourth-order valence-corrected chi connectivity index (χ4v) is 1.66. The smallest absolute Gasteiger partial charge is 0.131 e. The van der Waals surface area contributed by atoms with Crippen molar-refractivity contribution in [3.63, 3.8) is 0 Å². The van der Waals surface area contributed by atoms with E-state index in [9.17, 15) is 0 Å². The Bertz CT molecular complexity index is 373. The molecule has 0 saturated heterocycles. The van der Waals surface area contributed by atoms with E-state index in [4.69, 9.17) is 5.73 Å². The van der Waals surface area contributed by atoms with Crippen LogP contribution >= 0.6 is 0 Å². The lowest BCUT2D eigenvalue weighted by Gasteiger charge is -2.28. The van der Waals surface area contributed by atoms with Gasteiger partial charge >= 0.3 is 0 Å². The predicted octanol–water partition coefficient (Wildman–Crippen LogP) is 1.59. The molecule has 1 aromatic rings. The quantitative estimate of drug-likeness (QED) is 0.722. The molecule has 0 unspecified atom stereocenters. The Balaban J connectivity index is 2.00. The van der Waals surface area contributed by atoms with E-state index < -0.39 is 0 Å². The molecule has 0 atom stereocenters. The van der Waals surface area contributed by atoms with Crippen molar-refractivity contribution in [2.45, 2.75) is 44.7 Å². The van der Waals surface area contributed by atoms with Crippen LogP contribution in [0.1, 0.15) is 33.1 Å². The topological polar surface area (TPSA) is 75.9 Å². The van der Waals surface area contributed by atoms with E-state index >= 15 is 0 Å². The molecule has 0 radical (unpaired) electrons. The zero-order valence-electron chi connectivity index (χ0n) is 10.5. The Morgan fingerprint density at radius 1 is 1.35 bits per heavy atom. The first-order chi connectivity index (χ1) is 8.09. The Kier molecular flexibility index (Phi) is 3.47. The number of hydrogen-bond donors (Lipinski definition) is 3. The lowest BCUT2D eigenvalue weighted by Crippen LogP contribution is -2.39. The fourth-order valence-electron chi connectivity index (χ4n) is 1.66. The maximum Gasteiger partial charge on any atom is 0.131 e. The molecule has 0 amide bonds. The van der Waals surface area contributed by atoms with E-state index in [0.29, 0.717) is 12.6 Å². The number of aromatic nitrogens is 2. The molecular formula is C12H21N5. The average Bonchev–Trinajstić information content (AvgIpc) is 2.24. The SMILES string of the molecule is CC(C)(CN)Nc1cc(NC2CCC2)ncn1. The zero-order valence-corrected chi connectivity index (χ0v) is 10.5. The maximum absolute atomic E-state index is 5.68. The van der Waals surface area contributed by atoms with Crippen molar-refractivity contribution in [2.24, 2.45) is 5.73 Å².